The summed E-state index contributed by atoms with van der Waals surface area (Å²) >= 11 is 19.6. The summed E-state index contributed by atoms with van der Waals surface area (Å²) in [4.78, 5) is 0. The van der Waals surface area contributed by atoms with Gasteiger partial charge in [0.15, 0.2) is 0 Å². The van der Waals surface area contributed by atoms with Crippen LogP contribution in [0.1, 0.15) is 43.9 Å². The molecule has 1 aliphatic rings. The molecule has 1 aromatic carbocycles. The van der Waals surface area contributed by atoms with Crippen LogP contribution in [0.2, 0.25) is 5.02 Å². The van der Waals surface area contributed by atoms with Gasteiger partial charge in [0, 0.05) is 10.4 Å². The number of benzene rings is 1. The van der Waals surface area contributed by atoms with Crippen LogP contribution in [0.15, 0.2) is 24.8 Å². The van der Waals surface area contributed by atoms with E-state index < -0.39 is 4.33 Å². The molecule has 2 rings (SSSR count). The smallest absolute Gasteiger partial charge is 0.102 e. The van der Waals surface area contributed by atoms with E-state index >= 15 is 0 Å². The molecule has 0 aromatic heterocycles. The molecule has 1 saturated carbocycles. The molecule has 1 aliphatic carbocycles. The maximum Gasteiger partial charge on any atom is 0.122 e. The monoisotopic (exact) mass is 344 g/mol. The normalized spacial score (nSPS) is 35.0. The van der Waals surface area contributed by atoms with Gasteiger partial charge < -0.3 is 0 Å². The van der Waals surface area contributed by atoms with Crippen LogP contribution in [-0.2, 0) is 5.41 Å². The lowest BCUT2D eigenvalue weighted by Gasteiger charge is -2.43. The Morgan fingerprint density at radius 2 is 1.81 bits per heavy atom. The van der Waals surface area contributed by atoms with E-state index in [4.69, 9.17) is 34.8 Å². The summed E-state index contributed by atoms with van der Waals surface area (Å²) in [7, 11) is 0. The van der Waals surface area contributed by atoms with Crippen molar-refractivity contribution in [1.82, 2.24) is 0 Å². The van der Waals surface area contributed by atoms with Crippen LogP contribution in [0.3, 0.4) is 0 Å². The van der Waals surface area contributed by atoms with Crippen LogP contribution >= 0.6 is 34.8 Å². The van der Waals surface area contributed by atoms with E-state index in [1.54, 1.807) is 0 Å². The molecular weight excluding hydrogens is 323 g/mol. The summed E-state index contributed by atoms with van der Waals surface area (Å²) in [6.07, 6.45) is 2.69. The van der Waals surface area contributed by atoms with E-state index in [1.807, 2.05) is 13.0 Å². The molecule has 0 heterocycles. The lowest BCUT2D eigenvalue weighted by Crippen LogP contribution is -2.40. The number of rotatable bonds is 2. The predicted molar refractivity (Wildman–Crippen MR) is 94.8 cm³/mol. The Hall–Kier alpha value is -0.170. The Balaban J connectivity index is 2.71. The molecule has 1 unspecified atom stereocenters. The van der Waals surface area contributed by atoms with Gasteiger partial charge in [-0.2, -0.15) is 0 Å². The molecule has 0 aliphatic heterocycles. The summed E-state index contributed by atoms with van der Waals surface area (Å²) in [5, 5.41) is 0.798. The fourth-order valence-electron chi connectivity index (χ4n) is 3.72. The van der Waals surface area contributed by atoms with Crippen LogP contribution in [0.4, 0.5) is 0 Å². The summed E-state index contributed by atoms with van der Waals surface area (Å²) in [6, 6.07) is 4.28. The van der Waals surface area contributed by atoms with Crippen LogP contribution in [0.25, 0.3) is 0 Å². The molecular formula is C18H23Cl3. The van der Waals surface area contributed by atoms with Crippen LogP contribution in [-0.4, -0.2) is 4.33 Å². The zero-order valence-corrected chi connectivity index (χ0v) is 15.6. The zero-order chi connectivity index (χ0) is 16.2. The highest BCUT2D eigenvalue weighted by Crippen LogP contribution is 2.65. The third-order valence-corrected chi connectivity index (χ3v) is 7.26. The quantitative estimate of drug-likeness (QED) is 0.417. The van der Waals surface area contributed by atoms with Gasteiger partial charge in [0.2, 0.25) is 0 Å². The third kappa shape index (κ3) is 2.35. The Morgan fingerprint density at radius 3 is 2.29 bits per heavy atom. The van der Waals surface area contributed by atoms with Crippen molar-refractivity contribution >= 4 is 34.8 Å². The van der Waals surface area contributed by atoms with E-state index in [9.17, 15) is 0 Å². The van der Waals surface area contributed by atoms with Gasteiger partial charge in [0.1, 0.15) is 4.33 Å². The van der Waals surface area contributed by atoms with Crippen LogP contribution in [0.5, 0.6) is 0 Å². The first-order valence-electron chi connectivity index (χ1n) is 7.28. The SMILES string of the molecule is C=C[C@]1(C)CC(Cl)(Cl)C(C)[C@@]1(C)c1cc(C)c(C)c(Cl)c1. The highest BCUT2D eigenvalue weighted by Gasteiger charge is 2.62. The minimum absolute atomic E-state index is 0.0921. The largest absolute Gasteiger partial charge is 0.122 e. The molecule has 0 N–H and O–H groups in total. The van der Waals surface area contributed by atoms with Crippen LogP contribution < -0.4 is 0 Å². The van der Waals surface area contributed by atoms with Crippen molar-refractivity contribution in [3.8, 4) is 0 Å². The minimum atomic E-state index is -0.761. The Morgan fingerprint density at radius 1 is 1.24 bits per heavy atom. The first-order chi connectivity index (χ1) is 9.49. The van der Waals surface area contributed by atoms with Crippen molar-refractivity contribution < 1.29 is 0 Å². The molecule has 1 fully saturated rings. The van der Waals surface area contributed by atoms with Crippen molar-refractivity contribution in [3.63, 3.8) is 0 Å². The van der Waals surface area contributed by atoms with Gasteiger partial charge in [0.25, 0.3) is 0 Å². The third-order valence-electron chi connectivity index (χ3n) is 5.94. The molecule has 21 heavy (non-hydrogen) atoms. The molecule has 116 valence electrons. The lowest BCUT2D eigenvalue weighted by atomic mass is 9.61. The van der Waals surface area contributed by atoms with Crippen molar-refractivity contribution in [1.29, 1.82) is 0 Å². The number of aryl methyl sites for hydroxylation is 1. The van der Waals surface area contributed by atoms with Crippen LogP contribution in [0, 0.1) is 25.2 Å². The number of hydrogen-bond donors (Lipinski definition) is 0. The predicted octanol–water partition coefficient (Wildman–Crippen LogP) is 6.62. The van der Waals surface area contributed by atoms with Gasteiger partial charge in [-0.3, -0.25) is 0 Å². The van der Waals surface area contributed by atoms with Crippen molar-refractivity contribution in [2.45, 2.75) is 50.8 Å². The number of halogens is 3. The summed E-state index contributed by atoms with van der Waals surface area (Å²) < 4.78 is -0.761. The molecule has 1 aromatic rings. The Kier molecular flexibility index (Phi) is 4.24. The van der Waals surface area contributed by atoms with Crippen molar-refractivity contribution in [2.24, 2.45) is 11.3 Å². The number of alkyl halides is 2. The van der Waals surface area contributed by atoms with E-state index in [1.165, 1.54) is 11.1 Å². The highest BCUT2D eigenvalue weighted by atomic mass is 35.5. The molecule has 0 radical (unpaired) electrons. The van der Waals surface area contributed by atoms with Gasteiger partial charge >= 0.3 is 0 Å². The molecule has 0 nitrogen and oxygen atoms in total. The molecule has 3 heteroatoms. The topological polar surface area (TPSA) is 0 Å². The van der Waals surface area contributed by atoms with Gasteiger partial charge in [-0.15, -0.1) is 29.8 Å². The van der Waals surface area contributed by atoms with E-state index in [2.05, 4.69) is 46.4 Å². The lowest BCUT2D eigenvalue weighted by molar-refractivity contribution is 0.221. The molecule has 3 atom stereocenters. The molecule has 0 saturated heterocycles. The summed E-state index contributed by atoms with van der Waals surface area (Å²) in [6.45, 7) is 14.7. The molecule has 0 bridgehead atoms. The Bertz CT molecular complexity index is 567. The first-order valence-corrected chi connectivity index (χ1v) is 8.41. The zero-order valence-electron chi connectivity index (χ0n) is 13.4. The second kappa shape index (κ2) is 5.18. The minimum Gasteiger partial charge on any atom is -0.102 e. The number of allylic oxidation sites excluding steroid dienone is 1. The fourth-order valence-corrected chi connectivity index (χ4v) is 4.98. The fraction of sp³-hybridized carbons (Fsp3) is 0.556. The second-order valence-corrected chi connectivity index (χ2v) is 8.83. The average Bonchev–Trinajstić information content (AvgIpc) is 2.54. The maximum absolute atomic E-state index is 6.61. The average molecular weight is 346 g/mol. The van der Waals surface area contributed by atoms with Crippen molar-refractivity contribution in [2.75, 3.05) is 0 Å². The van der Waals surface area contributed by atoms with E-state index in [0.29, 0.717) is 6.42 Å². The highest BCUT2D eigenvalue weighted by molar-refractivity contribution is 6.49. The summed E-state index contributed by atoms with van der Waals surface area (Å²) in [5.74, 6) is 0.0921. The first kappa shape index (κ1) is 17.2. The van der Waals surface area contributed by atoms with E-state index in [0.717, 1.165) is 10.6 Å². The van der Waals surface area contributed by atoms with Gasteiger partial charge in [-0.05, 0) is 54.4 Å². The Labute approximate surface area is 143 Å². The maximum atomic E-state index is 6.61. The van der Waals surface area contributed by atoms with Gasteiger partial charge in [-0.25, -0.2) is 0 Å². The van der Waals surface area contributed by atoms with Gasteiger partial charge in [0.05, 0.1) is 0 Å². The van der Waals surface area contributed by atoms with Crippen molar-refractivity contribution in [3.05, 3.63) is 46.5 Å². The number of hydrogen-bond acceptors (Lipinski definition) is 0. The molecule has 0 amide bonds. The van der Waals surface area contributed by atoms with Gasteiger partial charge in [-0.1, -0.05) is 44.5 Å². The standard InChI is InChI=1S/C18H23Cl3/c1-7-16(5)10-18(20,21)13(4)17(16,6)14-8-11(2)12(3)15(19)9-14/h7-9,13H,1,10H2,2-6H3/t13?,16-,17+/m1/s1. The second-order valence-electron chi connectivity index (χ2n) is 6.88. The van der Waals surface area contributed by atoms with E-state index in [-0.39, 0.29) is 16.7 Å². The summed E-state index contributed by atoms with van der Waals surface area (Å²) in [5.41, 5.74) is 3.12. The molecule has 0 spiro atoms.